The summed E-state index contributed by atoms with van der Waals surface area (Å²) in [4.78, 5) is 16.6. The maximum absolute atomic E-state index is 12.3. The van der Waals surface area contributed by atoms with Gasteiger partial charge in [-0.3, -0.25) is 10.1 Å². The number of carbonyl (C=O) groups is 1. The van der Waals surface area contributed by atoms with Crippen molar-refractivity contribution in [3.8, 4) is 17.3 Å². The number of aromatic nitrogens is 3. The van der Waals surface area contributed by atoms with Gasteiger partial charge in [-0.1, -0.05) is 5.10 Å². The van der Waals surface area contributed by atoms with Gasteiger partial charge in [0.1, 0.15) is 11.4 Å². The Bertz CT molecular complexity index is 861. The third-order valence-corrected chi connectivity index (χ3v) is 4.37. The average Bonchev–Trinajstić information content (AvgIpc) is 3.16. The molecule has 0 aliphatic carbocycles. The molecule has 2 heterocycles. The predicted octanol–water partition coefficient (Wildman–Crippen LogP) is 3.52. The van der Waals surface area contributed by atoms with E-state index >= 15 is 0 Å². The molecule has 9 heteroatoms. The minimum Gasteiger partial charge on any atom is -0.497 e. The molecular formula is C14H11BrN4O3S. The van der Waals surface area contributed by atoms with Crippen LogP contribution in [0.15, 0.2) is 32.5 Å². The van der Waals surface area contributed by atoms with Crippen molar-refractivity contribution < 1.29 is 13.9 Å². The lowest BCUT2D eigenvalue weighted by Crippen LogP contribution is -2.13. The summed E-state index contributed by atoms with van der Waals surface area (Å²) >= 11 is 4.81. The highest BCUT2D eigenvalue weighted by Crippen LogP contribution is 2.25. The number of ether oxygens (including phenoxy) is 1. The molecule has 0 spiro atoms. The maximum Gasteiger partial charge on any atom is 0.322 e. The van der Waals surface area contributed by atoms with Gasteiger partial charge in [-0.2, -0.15) is 0 Å². The van der Waals surface area contributed by atoms with E-state index < -0.39 is 0 Å². The van der Waals surface area contributed by atoms with Gasteiger partial charge in [0.05, 0.1) is 17.7 Å². The van der Waals surface area contributed by atoms with Crippen molar-refractivity contribution in [3.05, 3.63) is 38.6 Å². The van der Waals surface area contributed by atoms with E-state index in [2.05, 4.69) is 36.4 Å². The Balaban J connectivity index is 1.80. The topological polar surface area (TPSA) is 90.1 Å². The van der Waals surface area contributed by atoms with E-state index in [1.54, 1.807) is 18.2 Å². The summed E-state index contributed by atoms with van der Waals surface area (Å²) in [6, 6.07) is 5.09. The molecule has 0 radical (unpaired) electrons. The quantitative estimate of drug-likeness (QED) is 0.727. The molecule has 0 saturated carbocycles. The molecule has 0 bridgehead atoms. The van der Waals surface area contributed by atoms with E-state index in [0.29, 0.717) is 21.5 Å². The molecule has 23 heavy (non-hydrogen) atoms. The lowest BCUT2D eigenvalue weighted by molar-refractivity contribution is 0.102. The van der Waals surface area contributed by atoms with Crippen LogP contribution in [0.4, 0.5) is 6.01 Å². The number of aryl methyl sites for hydroxylation is 1. The second-order valence-corrected chi connectivity index (χ2v) is 6.38. The van der Waals surface area contributed by atoms with Gasteiger partial charge in [-0.05, 0) is 41.1 Å². The first-order chi connectivity index (χ1) is 11.1. The Morgan fingerprint density at radius 1 is 1.39 bits per heavy atom. The summed E-state index contributed by atoms with van der Waals surface area (Å²) in [5.41, 5.74) is 0.983. The molecule has 0 aliphatic heterocycles. The zero-order valence-electron chi connectivity index (χ0n) is 12.2. The molecule has 0 fully saturated rings. The first-order valence-electron chi connectivity index (χ1n) is 6.47. The highest BCUT2D eigenvalue weighted by molar-refractivity contribution is 9.10. The van der Waals surface area contributed by atoms with Crippen LogP contribution in [-0.4, -0.2) is 28.2 Å². The van der Waals surface area contributed by atoms with E-state index in [-0.39, 0.29) is 17.8 Å². The van der Waals surface area contributed by atoms with Crippen LogP contribution in [0, 0.1) is 6.92 Å². The lowest BCUT2D eigenvalue weighted by atomic mass is 10.2. The molecule has 0 aliphatic rings. The van der Waals surface area contributed by atoms with E-state index in [1.807, 2.05) is 12.3 Å². The fourth-order valence-electron chi connectivity index (χ4n) is 1.81. The highest BCUT2D eigenvalue weighted by atomic mass is 79.9. The van der Waals surface area contributed by atoms with Crippen molar-refractivity contribution in [2.75, 3.05) is 12.4 Å². The highest BCUT2D eigenvalue weighted by Gasteiger charge is 2.16. The lowest BCUT2D eigenvalue weighted by Gasteiger charge is -2.06. The Labute approximate surface area is 143 Å². The van der Waals surface area contributed by atoms with Gasteiger partial charge in [0.15, 0.2) is 0 Å². The molecule has 1 amide bonds. The molecule has 0 saturated heterocycles. The molecular weight excluding hydrogens is 384 g/mol. The number of halogens is 1. The zero-order valence-corrected chi connectivity index (χ0v) is 14.6. The van der Waals surface area contributed by atoms with Gasteiger partial charge < -0.3 is 9.15 Å². The van der Waals surface area contributed by atoms with Crippen molar-refractivity contribution in [2.45, 2.75) is 6.92 Å². The number of nitrogens with zero attached hydrogens (tertiary/aromatic N) is 3. The predicted molar refractivity (Wildman–Crippen MR) is 88.8 cm³/mol. The van der Waals surface area contributed by atoms with Crippen LogP contribution in [0.2, 0.25) is 0 Å². The monoisotopic (exact) mass is 394 g/mol. The summed E-state index contributed by atoms with van der Waals surface area (Å²) in [7, 11) is 1.53. The third-order valence-electron chi connectivity index (χ3n) is 2.90. The Morgan fingerprint density at radius 3 is 2.91 bits per heavy atom. The number of methoxy groups -OCH3 is 1. The Kier molecular flexibility index (Phi) is 4.39. The van der Waals surface area contributed by atoms with Gasteiger partial charge in [0, 0.05) is 9.85 Å². The molecule has 3 rings (SSSR count). The SMILES string of the molecule is COc1ccc(Br)c(C(=O)Nc2nnc(-c3csc(C)n3)o2)c1. The summed E-state index contributed by atoms with van der Waals surface area (Å²) < 4.78 is 11.2. The normalized spacial score (nSPS) is 10.6. The number of benzene rings is 1. The summed E-state index contributed by atoms with van der Waals surface area (Å²) in [6.45, 7) is 1.88. The molecule has 118 valence electrons. The second kappa shape index (κ2) is 6.47. The van der Waals surface area contributed by atoms with Gasteiger partial charge in [-0.15, -0.1) is 16.4 Å². The largest absolute Gasteiger partial charge is 0.497 e. The standard InChI is InChI=1S/C14H11BrN4O3S/c1-7-16-11(6-23-7)13-18-19-14(22-13)17-12(20)9-5-8(21-2)3-4-10(9)15/h3-6H,1-2H3,(H,17,19,20). The van der Waals surface area contributed by atoms with Crippen LogP contribution in [0.3, 0.4) is 0 Å². The van der Waals surface area contributed by atoms with E-state index in [9.17, 15) is 4.79 Å². The first-order valence-corrected chi connectivity index (χ1v) is 8.15. The summed E-state index contributed by atoms with van der Waals surface area (Å²) in [5.74, 6) is 0.442. The number of amides is 1. The van der Waals surface area contributed by atoms with Gasteiger partial charge in [-0.25, -0.2) is 4.98 Å². The number of rotatable bonds is 4. The number of nitrogens with one attached hydrogen (secondary N) is 1. The number of thiazole rings is 1. The van der Waals surface area contributed by atoms with E-state index in [4.69, 9.17) is 9.15 Å². The van der Waals surface area contributed by atoms with Crippen LogP contribution < -0.4 is 10.1 Å². The molecule has 0 unspecified atom stereocenters. The molecule has 7 nitrogen and oxygen atoms in total. The third kappa shape index (κ3) is 3.40. The van der Waals surface area contributed by atoms with Crippen molar-refractivity contribution in [3.63, 3.8) is 0 Å². The van der Waals surface area contributed by atoms with Crippen LogP contribution >= 0.6 is 27.3 Å². The van der Waals surface area contributed by atoms with Crippen molar-refractivity contribution in [1.82, 2.24) is 15.2 Å². The van der Waals surface area contributed by atoms with Crippen molar-refractivity contribution in [1.29, 1.82) is 0 Å². The second-order valence-electron chi connectivity index (χ2n) is 4.46. The molecule has 1 N–H and O–H groups in total. The Morgan fingerprint density at radius 2 is 2.22 bits per heavy atom. The number of carbonyl (C=O) groups excluding carboxylic acids is 1. The summed E-state index contributed by atoms with van der Waals surface area (Å²) in [6.07, 6.45) is 0. The molecule has 2 aromatic heterocycles. The van der Waals surface area contributed by atoms with Crippen molar-refractivity contribution >= 4 is 39.2 Å². The number of anilines is 1. The van der Waals surface area contributed by atoms with E-state index in [0.717, 1.165) is 5.01 Å². The van der Waals surface area contributed by atoms with Gasteiger partial charge in [0.2, 0.25) is 0 Å². The van der Waals surface area contributed by atoms with Gasteiger partial charge in [0.25, 0.3) is 11.8 Å². The minimum absolute atomic E-state index is 0.00497. The zero-order chi connectivity index (χ0) is 16.4. The maximum atomic E-state index is 12.3. The fourth-order valence-corrected chi connectivity index (χ4v) is 2.82. The smallest absolute Gasteiger partial charge is 0.322 e. The van der Waals surface area contributed by atoms with Gasteiger partial charge >= 0.3 is 6.01 Å². The molecule has 3 aromatic rings. The minimum atomic E-state index is -0.388. The van der Waals surface area contributed by atoms with Crippen molar-refractivity contribution in [2.24, 2.45) is 0 Å². The Hall–Kier alpha value is -2.26. The van der Waals surface area contributed by atoms with Crippen LogP contribution in [0.5, 0.6) is 5.75 Å². The van der Waals surface area contributed by atoms with Crippen LogP contribution in [-0.2, 0) is 0 Å². The number of hydrogen-bond donors (Lipinski definition) is 1. The molecule has 1 aromatic carbocycles. The van der Waals surface area contributed by atoms with Crippen LogP contribution in [0.25, 0.3) is 11.6 Å². The number of hydrogen-bond acceptors (Lipinski definition) is 7. The first kappa shape index (κ1) is 15.6. The van der Waals surface area contributed by atoms with E-state index in [1.165, 1.54) is 18.4 Å². The molecule has 0 atom stereocenters. The average molecular weight is 395 g/mol. The fraction of sp³-hybridized carbons (Fsp3) is 0.143. The van der Waals surface area contributed by atoms with Crippen LogP contribution in [0.1, 0.15) is 15.4 Å². The summed E-state index contributed by atoms with van der Waals surface area (Å²) in [5, 5.41) is 13.0.